The molecule has 2 rings (SSSR count). The predicted octanol–water partition coefficient (Wildman–Crippen LogP) is 2.11. The molecule has 1 atom stereocenters. The topological polar surface area (TPSA) is 60.4 Å². The third kappa shape index (κ3) is 3.74. The molecule has 92 valence electrons. The maximum absolute atomic E-state index is 11.5. The van der Waals surface area contributed by atoms with Crippen LogP contribution in [0, 0.1) is 0 Å². The molecule has 0 aromatic heterocycles. The lowest BCUT2D eigenvalue weighted by Gasteiger charge is -2.06. The molecule has 1 unspecified atom stereocenters. The van der Waals surface area contributed by atoms with E-state index in [4.69, 9.17) is 4.74 Å². The minimum Gasteiger partial charge on any atom is -0.418 e. The average molecular weight is 272 g/mol. The van der Waals surface area contributed by atoms with Crippen molar-refractivity contribution in [3.8, 4) is 5.75 Å². The van der Waals surface area contributed by atoms with E-state index in [-0.39, 0.29) is 16.8 Å². The summed E-state index contributed by atoms with van der Waals surface area (Å²) < 4.78 is 27.5. The van der Waals surface area contributed by atoms with E-state index in [1.165, 1.54) is 0 Å². The molecular formula is C11H12O4S2. The van der Waals surface area contributed by atoms with Gasteiger partial charge in [-0.15, -0.1) is 0 Å². The van der Waals surface area contributed by atoms with E-state index < -0.39 is 15.1 Å². The number of carbonyl (C=O) groups excluding carboxylic acids is 1. The molecule has 0 aliphatic carbocycles. The van der Waals surface area contributed by atoms with Crippen LogP contribution >= 0.6 is 11.8 Å². The molecule has 6 heteroatoms. The summed E-state index contributed by atoms with van der Waals surface area (Å²) >= 11 is 0.964. The third-order valence-corrected chi connectivity index (χ3v) is 5.39. The zero-order valence-electron chi connectivity index (χ0n) is 9.03. The lowest BCUT2D eigenvalue weighted by molar-refractivity contribution is 0.227. The van der Waals surface area contributed by atoms with Crippen molar-refractivity contribution in [1.82, 2.24) is 0 Å². The molecule has 1 heterocycles. The van der Waals surface area contributed by atoms with Gasteiger partial charge in [0.25, 0.3) is 0 Å². The van der Waals surface area contributed by atoms with Crippen molar-refractivity contribution in [2.45, 2.75) is 11.7 Å². The number of benzene rings is 1. The summed E-state index contributed by atoms with van der Waals surface area (Å²) in [5.74, 6) is 0.719. The molecule has 0 spiro atoms. The van der Waals surface area contributed by atoms with Crippen molar-refractivity contribution >= 4 is 26.9 Å². The average Bonchev–Trinajstić information content (AvgIpc) is 2.59. The van der Waals surface area contributed by atoms with Crippen LogP contribution < -0.4 is 4.74 Å². The van der Waals surface area contributed by atoms with Crippen LogP contribution in [-0.4, -0.2) is 30.5 Å². The molecule has 0 saturated carbocycles. The minimum absolute atomic E-state index is 0.0710. The number of para-hydroxylation sites is 1. The van der Waals surface area contributed by atoms with Crippen LogP contribution in [0.4, 0.5) is 4.79 Å². The molecule has 0 N–H and O–H groups in total. The number of sulfone groups is 1. The van der Waals surface area contributed by atoms with E-state index in [0.717, 1.165) is 11.8 Å². The summed E-state index contributed by atoms with van der Waals surface area (Å²) in [6, 6.07) is 8.74. The summed E-state index contributed by atoms with van der Waals surface area (Å²) in [7, 11) is -2.94. The van der Waals surface area contributed by atoms with Crippen LogP contribution in [0.15, 0.2) is 30.3 Å². The van der Waals surface area contributed by atoms with Crippen LogP contribution in [0.3, 0.4) is 0 Å². The van der Waals surface area contributed by atoms with Crippen LogP contribution in [0.2, 0.25) is 0 Å². The summed E-state index contributed by atoms with van der Waals surface area (Å²) in [5, 5.41) is -0.616. The summed E-state index contributed by atoms with van der Waals surface area (Å²) in [6.45, 7) is 0. The largest absolute Gasteiger partial charge is 0.418 e. The Balaban J connectivity index is 1.87. The highest BCUT2D eigenvalue weighted by atomic mass is 32.2. The number of rotatable bonds is 2. The number of hydrogen-bond acceptors (Lipinski definition) is 5. The SMILES string of the molecule is O=C(Oc1ccccc1)SC1CCS(=O)(=O)C1. The van der Waals surface area contributed by atoms with Gasteiger partial charge in [0, 0.05) is 5.25 Å². The highest BCUT2D eigenvalue weighted by Gasteiger charge is 2.30. The lowest BCUT2D eigenvalue weighted by Crippen LogP contribution is -2.11. The lowest BCUT2D eigenvalue weighted by atomic mass is 10.3. The fourth-order valence-electron chi connectivity index (χ4n) is 1.60. The molecule has 1 aliphatic heterocycles. The smallest absolute Gasteiger partial charge is 0.373 e. The van der Waals surface area contributed by atoms with Crippen molar-refractivity contribution in [2.75, 3.05) is 11.5 Å². The normalized spacial score (nSPS) is 22.2. The summed E-state index contributed by atoms with van der Waals surface area (Å²) in [4.78, 5) is 11.5. The summed E-state index contributed by atoms with van der Waals surface area (Å²) in [5.41, 5.74) is 0. The second kappa shape index (κ2) is 5.10. The van der Waals surface area contributed by atoms with Gasteiger partial charge >= 0.3 is 5.30 Å². The van der Waals surface area contributed by atoms with Crippen molar-refractivity contribution in [1.29, 1.82) is 0 Å². The van der Waals surface area contributed by atoms with Gasteiger partial charge in [0.2, 0.25) is 0 Å². The minimum atomic E-state index is -2.94. The fourth-order valence-corrected chi connectivity index (χ4v) is 4.84. The Bertz CT molecular complexity index is 495. The second-order valence-corrected chi connectivity index (χ2v) is 7.27. The fraction of sp³-hybridized carbons (Fsp3) is 0.364. The van der Waals surface area contributed by atoms with E-state index in [2.05, 4.69) is 0 Å². The van der Waals surface area contributed by atoms with E-state index in [0.29, 0.717) is 12.2 Å². The first-order valence-electron chi connectivity index (χ1n) is 5.19. The Morgan fingerprint density at radius 2 is 2.00 bits per heavy atom. The van der Waals surface area contributed by atoms with Gasteiger partial charge in [-0.3, -0.25) is 0 Å². The summed E-state index contributed by atoms with van der Waals surface area (Å²) in [6.07, 6.45) is 0.525. The van der Waals surface area contributed by atoms with Gasteiger partial charge in [0.15, 0.2) is 9.84 Å². The molecule has 1 saturated heterocycles. The predicted molar refractivity (Wildman–Crippen MR) is 67.1 cm³/mol. The van der Waals surface area contributed by atoms with E-state index in [1.54, 1.807) is 24.3 Å². The van der Waals surface area contributed by atoms with Crippen molar-refractivity contribution < 1.29 is 17.9 Å². The Labute approximate surface area is 104 Å². The Morgan fingerprint density at radius 3 is 2.59 bits per heavy atom. The van der Waals surface area contributed by atoms with Crippen LogP contribution in [0.25, 0.3) is 0 Å². The van der Waals surface area contributed by atoms with Crippen molar-refractivity contribution in [2.24, 2.45) is 0 Å². The van der Waals surface area contributed by atoms with Gasteiger partial charge < -0.3 is 4.74 Å². The maximum atomic E-state index is 11.5. The Hall–Kier alpha value is -1.01. The number of hydrogen-bond donors (Lipinski definition) is 0. The van der Waals surface area contributed by atoms with Gasteiger partial charge in [0.1, 0.15) is 5.75 Å². The molecular weight excluding hydrogens is 260 g/mol. The molecule has 1 aromatic carbocycles. The van der Waals surface area contributed by atoms with E-state index in [1.807, 2.05) is 6.07 Å². The van der Waals surface area contributed by atoms with Crippen LogP contribution in [0.1, 0.15) is 6.42 Å². The zero-order chi connectivity index (χ0) is 12.3. The van der Waals surface area contributed by atoms with E-state index >= 15 is 0 Å². The van der Waals surface area contributed by atoms with Gasteiger partial charge in [-0.25, -0.2) is 13.2 Å². The quantitative estimate of drug-likeness (QED) is 0.772. The molecule has 17 heavy (non-hydrogen) atoms. The Morgan fingerprint density at radius 1 is 1.29 bits per heavy atom. The monoisotopic (exact) mass is 272 g/mol. The Kier molecular flexibility index (Phi) is 3.73. The van der Waals surface area contributed by atoms with Crippen molar-refractivity contribution in [3.63, 3.8) is 0 Å². The maximum Gasteiger partial charge on any atom is 0.373 e. The highest BCUT2D eigenvalue weighted by molar-refractivity contribution is 8.14. The molecule has 0 radical (unpaired) electrons. The van der Waals surface area contributed by atoms with Crippen molar-refractivity contribution in [3.05, 3.63) is 30.3 Å². The van der Waals surface area contributed by atoms with Gasteiger partial charge in [-0.05, 0) is 30.3 Å². The van der Waals surface area contributed by atoms with Crippen LogP contribution in [0.5, 0.6) is 5.75 Å². The van der Waals surface area contributed by atoms with E-state index in [9.17, 15) is 13.2 Å². The zero-order valence-corrected chi connectivity index (χ0v) is 10.7. The molecule has 1 aromatic rings. The number of carbonyl (C=O) groups is 1. The second-order valence-electron chi connectivity index (χ2n) is 3.81. The molecule has 1 aliphatic rings. The first kappa shape index (κ1) is 12.4. The third-order valence-electron chi connectivity index (χ3n) is 2.40. The van der Waals surface area contributed by atoms with Gasteiger partial charge in [0.05, 0.1) is 11.5 Å². The molecule has 0 bridgehead atoms. The standard InChI is InChI=1S/C11H12O4S2/c12-11(15-9-4-2-1-3-5-9)16-10-6-7-17(13,14)8-10/h1-5,10H,6-8H2. The number of ether oxygens (including phenoxy) is 1. The first-order chi connectivity index (χ1) is 8.05. The highest BCUT2D eigenvalue weighted by Crippen LogP contribution is 2.26. The molecule has 1 fully saturated rings. The van der Waals surface area contributed by atoms with Gasteiger partial charge in [-0.1, -0.05) is 18.2 Å². The number of thioether (sulfide) groups is 1. The molecule has 0 amide bonds. The van der Waals surface area contributed by atoms with Gasteiger partial charge in [-0.2, -0.15) is 0 Å². The first-order valence-corrected chi connectivity index (χ1v) is 7.89. The molecule has 4 nitrogen and oxygen atoms in total. The van der Waals surface area contributed by atoms with Crippen LogP contribution in [-0.2, 0) is 9.84 Å².